The Labute approximate surface area is 242 Å². The van der Waals surface area contributed by atoms with Crippen LogP contribution in [0.15, 0.2) is 120 Å². The highest BCUT2D eigenvalue weighted by molar-refractivity contribution is 8.00. The molecular weight excluding hydrogens is 536 g/mol. The van der Waals surface area contributed by atoms with Crippen LogP contribution in [0.25, 0.3) is 0 Å². The zero-order valence-corrected chi connectivity index (χ0v) is 23.2. The Morgan fingerprint density at radius 2 is 1.71 bits per heavy atom. The van der Waals surface area contributed by atoms with E-state index in [2.05, 4.69) is 4.99 Å². The van der Waals surface area contributed by atoms with Gasteiger partial charge in [-0.2, -0.15) is 4.68 Å². The van der Waals surface area contributed by atoms with Gasteiger partial charge in [-0.1, -0.05) is 72.8 Å². The number of aromatic nitrogens is 2. The second-order valence-electron chi connectivity index (χ2n) is 9.91. The van der Waals surface area contributed by atoms with Crippen molar-refractivity contribution in [2.45, 2.75) is 24.1 Å². The van der Waals surface area contributed by atoms with Crippen molar-refractivity contribution >= 4 is 29.9 Å². The number of para-hydroxylation sites is 1. The number of rotatable bonds is 8. The van der Waals surface area contributed by atoms with Crippen LogP contribution in [-0.4, -0.2) is 49.9 Å². The van der Waals surface area contributed by atoms with Crippen LogP contribution >= 0.6 is 11.8 Å². The van der Waals surface area contributed by atoms with Crippen molar-refractivity contribution in [3.05, 3.63) is 131 Å². The molecule has 1 saturated heterocycles. The monoisotopic (exact) mass is 565 g/mol. The zero-order chi connectivity index (χ0) is 28.3. The Bertz CT molecular complexity index is 1590. The van der Waals surface area contributed by atoms with Crippen molar-refractivity contribution in [3.63, 3.8) is 0 Å². The normalized spacial score (nSPS) is 18.5. The van der Waals surface area contributed by atoms with E-state index in [1.54, 1.807) is 36.0 Å². The number of phenols is 1. The van der Waals surface area contributed by atoms with Crippen molar-refractivity contribution in [1.29, 1.82) is 0 Å². The maximum atomic E-state index is 14.1. The van der Waals surface area contributed by atoms with Gasteiger partial charge in [0.2, 0.25) is 0 Å². The molecule has 4 aromatic rings. The molecule has 2 atom stereocenters. The number of thioether (sulfide) groups is 1. The summed E-state index contributed by atoms with van der Waals surface area (Å²) in [6.45, 7) is 0.435. The highest BCUT2D eigenvalue weighted by Crippen LogP contribution is 2.43. The molecule has 3 heterocycles. The number of esters is 1. The molecule has 6 rings (SSSR count). The van der Waals surface area contributed by atoms with Crippen LogP contribution in [0, 0.1) is 0 Å². The van der Waals surface area contributed by atoms with Crippen molar-refractivity contribution in [3.8, 4) is 5.75 Å². The van der Waals surface area contributed by atoms with Gasteiger partial charge in [-0.3, -0.25) is 14.7 Å². The number of aryl methyl sites for hydroxylation is 1. The van der Waals surface area contributed by atoms with E-state index in [1.807, 2.05) is 95.5 Å². The standard InChI is InChI=1S/C32H28N4O4S/c1-34-17-10-18-35(34)20-25-21-41-31-27(33-19-24-15-8-9-16-26(24)37)30(38)36(31)28(25)32(39)40-29(22-11-4-2-5-12-22)23-13-6-3-7-14-23/h2-19,27,29,31H,20-21H2,1H3/p+1/t27-,31-/m1/s1. The Balaban J connectivity index is 1.33. The lowest BCUT2D eigenvalue weighted by Crippen LogP contribution is -2.64. The zero-order valence-electron chi connectivity index (χ0n) is 22.4. The number of β-lactam (4-membered cyclic amide) rings is 1. The summed E-state index contributed by atoms with van der Waals surface area (Å²) in [5, 5.41) is 9.77. The van der Waals surface area contributed by atoms with E-state index in [4.69, 9.17) is 4.74 Å². The molecule has 2 aliphatic rings. The fraction of sp³-hybridized carbons (Fsp3) is 0.188. The van der Waals surface area contributed by atoms with Crippen LogP contribution in [0.2, 0.25) is 0 Å². The number of fused-ring (bicyclic) bond motifs is 1. The number of aromatic hydroxyl groups is 1. The van der Waals surface area contributed by atoms with Gasteiger partial charge in [0.1, 0.15) is 23.4 Å². The van der Waals surface area contributed by atoms with Gasteiger partial charge in [0.05, 0.1) is 6.20 Å². The molecule has 3 aromatic carbocycles. The molecule has 2 aliphatic heterocycles. The molecule has 1 aromatic heterocycles. The van der Waals surface area contributed by atoms with Gasteiger partial charge in [-0.25, -0.2) is 4.79 Å². The topological polar surface area (TPSA) is 88.0 Å². The number of ether oxygens (including phenoxy) is 1. The number of carbonyl (C=O) groups excluding carboxylic acids is 2. The van der Waals surface area contributed by atoms with Gasteiger partial charge >= 0.3 is 5.97 Å². The maximum absolute atomic E-state index is 14.1. The summed E-state index contributed by atoms with van der Waals surface area (Å²) in [5.41, 5.74) is 3.29. The highest BCUT2D eigenvalue weighted by Gasteiger charge is 2.54. The minimum Gasteiger partial charge on any atom is -0.507 e. The molecule has 206 valence electrons. The molecule has 0 aliphatic carbocycles. The molecule has 0 radical (unpaired) electrons. The fourth-order valence-corrected chi connectivity index (χ4v) is 6.42. The summed E-state index contributed by atoms with van der Waals surface area (Å²) in [4.78, 5) is 33.7. The first-order valence-corrected chi connectivity index (χ1v) is 14.4. The molecule has 1 N–H and O–H groups in total. The smallest absolute Gasteiger partial charge is 0.356 e. The van der Waals surface area contributed by atoms with Crippen LogP contribution in [-0.2, 0) is 27.9 Å². The number of carbonyl (C=O) groups is 2. The third-order valence-corrected chi connectivity index (χ3v) is 8.60. The quantitative estimate of drug-likeness (QED) is 0.151. The maximum Gasteiger partial charge on any atom is 0.356 e. The number of amides is 1. The second kappa shape index (κ2) is 11.5. The first-order chi connectivity index (χ1) is 20.0. The molecular formula is C32H29N4O4S+. The average Bonchev–Trinajstić information content (AvgIpc) is 3.41. The third-order valence-electron chi connectivity index (χ3n) is 7.27. The lowest BCUT2D eigenvalue weighted by molar-refractivity contribution is -0.752. The van der Waals surface area contributed by atoms with E-state index in [1.165, 1.54) is 11.1 Å². The molecule has 41 heavy (non-hydrogen) atoms. The van der Waals surface area contributed by atoms with E-state index in [-0.39, 0.29) is 22.7 Å². The molecule has 0 bridgehead atoms. The molecule has 1 fully saturated rings. The van der Waals surface area contributed by atoms with Gasteiger partial charge in [0, 0.05) is 23.6 Å². The first kappa shape index (κ1) is 26.6. The minimum absolute atomic E-state index is 0.0927. The number of benzene rings is 3. The van der Waals surface area contributed by atoms with Crippen LogP contribution in [0.5, 0.6) is 5.75 Å². The number of aliphatic imine (C=N–C) groups is 1. The van der Waals surface area contributed by atoms with E-state index in [0.717, 1.165) is 16.7 Å². The Morgan fingerprint density at radius 1 is 1.05 bits per heavy atom. The summed E-state index contributed by atoms with van der Waals surface area (Å²) in [6, 6.07) is 27.3. The van der Waals surface area contributed by atoms with Gasteiger partial charge in [-0.15, -0.1) is 16.4 Å². The molecule has 0 unspecified atom stereocenters. The lowest BCUT2D eigenvalue weighted by Gasteiger charge is -2.48. The van der Waals surface area contributed by atoms with Crippen LogP contribution < -0.4 is 4.68 Å². The fourth-order valence-electron chi connectivity index (χ4n) is 5.09. The summed E-state index contributed by atoms with van der Waals surface area (Å²) in [5.74, 6) is -0.184. The van der Waals surface area contributed by atoms with E-state index in [0.29, 0.717) is 17.9 Å². The summed E-state index contributed by atoms with van der Waals surface area (Å²) >= 11 is 1.57. The highest BCUT2D eigenvalue weighted by atomic mass is 32.2. The van der Waals surface area contributed by atoms with Crippen molar-refractivity contribution in [1.82, 2.24) is 9.58 Å². The van der Waals surface area contributed by atoms with Gasteiger partial charge in [0.15, 0.2) is 25.4 Å². The van der Waals surface area contributed by atoms with E-state index in [9.17, 15) is 14.7 Å². The van der Waals surface area contributed by atoms with Crippen LogP contribution in [0.4, 0.5) is 0 Å². The number of hydrogen-bond acceptors (Lipinski definition) is 6. The van der Waals surface area contributed by atoms with Gasteiger partial charge in [-0.05, 0) is 28.8 Å². The minimum atomic E-state index is -0.661. The summed E-state index contributed by atoms with van der Waals surface area (Å²) in [7, 11) is 1.93. The Hall–Kier alpha value is -4.63. The molecule has 9 heteroatoms. The van der Waals surface area contributed by atoms with Gasteiger partial charge in [0.25, 0.3) is 5.91 Å². The predicted molar refractivity (Wildman–Crippen MR) is 156 cm³/mol. The summed E-state index contributed by atoms with van der Waals surface area (Å²) in [6.07, 6.45) is 4.74. The van der Waals surface area contributed by atoms with Crippen molar-refractivity contribution in [2.75, 3.05) is 5.75 Å². The van der Waals surface area contributed by atoms with Crippen molar-refractivity contribution in [2.24, 2.45) is 12.0 Å². The first-order valence-electron chi connectivity index (χ1n) is 13.3. The Morgan fingerprint density at radius 3 is 2.34 bits per heavy atom. The second-order valence-corrected chi connectivity index (χ2v) is 11.0. The van der Waals surface area contributed by atoms with Gasteiger partial charge < -0.3 is 9.84 Å². The SMILES string of the molecule is C[n+]1cccn1CC1=C(C(=O)OC(c2ccccc2)c2ccccc2)N2C(=O)[C@@H](N=Cc3ccccc3O)[C@H]2SC1. The third kappa shape index (κ3) is 5.28. The summed E-state index contributed by atoms with van der Waals surface area (Å²) < 4.78 is 10.1. The Kier molecular flexibility index (Phi) is 7.43. The van der Waals surface area contributed by atoms with Crippen LogP contribution in [0.1, 0.15) is 22.8 Å². The van der Waals surface area contributed by atoms with E-state index >= 15 is 0 Å². The average molecular weight is 566 g/mol. The number of nitrogens with zero attached hydrogens (tertiary/aromatic N) is 4. The number of hydrogen-bond donors (Lipinski definition) is 1. The van der Waals surface area contributed by atoms with Crippen LogP contribution in [0.3, 0.4) is 0 Å². The number of phenolic OH excluding ortho intramolecular Hbond substituents is 1. The molecule has 0 spiro atoms. The molecule has 0 saturated carbocycles. The molecule has 8 nitrogen and oxygen atoms in total. The largest absolute Gasteiger partial charge is 0.507 e. The van der Waals surface area contributed by atoms with Crippen molar-refractivity contribution < 1.29 is 24.1 Å². The lowest BCUT2D eigenvalue weighted by atomic mass is 10.0. The predicted octanol–water partition coefficient (Wildman–Crippen LogP) is 4.01. The molecule has 1 amide bonds. The van der Waals surface area contributed by atoms with E-state index < -0.39 is 18.1 Å².